The molecule has 10 heteroatoms. The fraction of sp³-hybridized carbons (Fsp3) is 0.351. The van der Waals surface area contributed by atoms with Gasteiger partial charge in [-0.05, 0) is 22.3 Å². The molecule has 0 amide bonds. The van der Waals surface area contributed by atoms with Crippen molar-refractivity contribution >= 4 is 7.60 Å². The van der Waals surface area contributed by atoms with Gasteiger partial charge in [0, 0.05) is 14.2 Å². The third-order valence-corrected chi connectivity index (χ3v) is 9.95. The highest BCUT2D eigenvalue weighted by molar-refractivity contribution is 7.53. The van der Waals surface area contributed by atoms with Crippen molar-refractivity contribution in [2.75, 3.05) is 27.0 Å². The zero-order valence-electron chi connectivity index (χ0n) is 26.8. The third kappa shape index (κ3) is 9.90. The van der Waals surface area contributed by atoms with Crippen molar-refractivity contribution in [3.05, 3.63) is 144 Å². The first-order chi connectivity index (χ1) is 22.9. The van der Waals surface area contributed by atoms with E-state index in [1.807, 2.05) is 121 Å². The van der Waals surface area contributed by atoms with E-state index in [0.29, 0.717) is 6.61 Å². The van der Waals surface area contributed by atoms with Crippen LogP contribution in [0.1, 0.15) is 22.3 Å². The predicted octanol–water partition coefficient (Wildman–Crippen LogP) is 6.53. The summed E-state index contributed by atoms with van der Waals surface area (Å²) in [5, 5.41) is 12.4. The molecule has 1 fully saturated rings. The zero-order chi connectivity index (χ0) is 33.0. The Labute approximate surface area is 276 Å². The second-order valence-electron chi connectivity index (χ2n) is 11.4. The highest BCUT2D eigenvalue weighted by atomic mass is 31.2. The van der Waals surface area contributed by atoms with E-state index in [4.69, 9.17) is 32.7 Å². The smallest absolute Gasteiger partial charge is 0.335 e. The number of rotatable bonds is 17. The lowest BCUT2D eigenvalue weighted by molar-refractivity contribution is -0.362. The predicted molar refractivity (Wildman–Crippen MR) is 177 cm³/mol. The van der Waals surface area contributed by atoms with Crippen molar-refractivity contribution in [3.63, 3.8) is 0 Å². The van der Waals surface area contributed by atoms with Crippen LogP contribution < -0.4 is 0 Å². The molecule has 1 aliphatic heterocycles. The maximum absolute atomic E-state index is 13.6. The van der Waals surface area contributed by atoms with Crippen LogP contribution >= 0.6 is 7.60 Å². The molecule has 0 aliphatic carbocycles. The van der Waals surface area contributed by atoms with Crippen molar-refractivity contribution in [3.8, 4) is 0 Å². The van der Waals surface area contributed by atoms with Crippen molar-refractivity contribution < 1.29 is 42.4 Å². The van der Waals surface area contributed by atoms with Gasteiger partial charge in [0.1, 0.15) is 30.6 Å². The molecule has 1 N–H and O–H groups in total. The van der Waals surface area contributed by atoms with E-state index >= 15 is 0 Å². The van der Waals surface area contributed by atoms with Crippen molar-refractivity contribution in [1.82, 2.24) is 0 Å². The first-order valence-electron chi connectivity index (χ1n) is 15.6. The van der Waals surface area contributed by atoms with Gasteiger partial charge in [-0.1, -0.05) is 121 Å². The van der Waals surface area contributed by atoms with Crippen LogP contribution in [0.5, 0.6) is 0 Å². The van der Waals surface area contributed by atoms with Crippen LogP contribution in [0.25, 0.3) is 0 Å². The molecule has 0 saturated carbocycles. The average molecular weight is 663 g/mol. The number of hydrogen-bond donors (Lipinski definition) is 1. The molecule has 1 heterocycles. The summed E-state index contributed by atoms with van der Waals surface area (Å²) in [6, 6.07) is 38.8. The quantitative estimate of drug-likeness (QED) is 0.126. The second-order valence-corrected chi connectivity index (χ2v) is 13.6. The number of hydrogen-bond acceptors (Lipinski definition) is 9. The maximum Gasteiger partial charge on any atom is 0.335 e. The lowest BCUT2D eigenvalue weighted by atomic mass is 9.92. The minimum Gasteiger partial charge on any atom is -0.374 e. The lowest BCUT2D eigenvalue weighted by Crippen LogP contribution is -2.68. The molecule has 1 saturated heterocycles. The highest BCUT2D eigenvalue weighted by Crippen LogP contribution is 2.52. The Bertz CT molecular complexity index is 1500. The van der Waals surface area contributed by atoms with Crippen LogP contribution in [0.15, 0.2) is 121 Å². The van der Waals surface area contributed by atoms with Crippen molar-refractivity contribution in [1.29, 1.82) is 0 Å². The van der Waals surface area contributed by atoms with Crippen LogP contribution in [-0.2, 0) is 63.7 Å². The van der Waals surface area contributed by atoms with Gasteiger partial charge in [0.15, 0.2) is 0 Å². The molecule has 5 rings (SSSR count). The molecule has 0 radical (unpaired) electrons. The second kappa shape index (κ2) is 17.3. The topological polar surface area (TPSA) is 102 Å². The van der Waals surface area contributed by atoms with E-state index < -0.39 is 44.0 Å². The van der Waals surface area contributed by atoms with Gasteiger partial charge >= 0.3 is 7.60 Å². The fourth-order valence-electron chi connectivity index (χ4n) is 5.54. The molecular weight excluding hydrogens is 619 g/mol. The molecular formula is C37H43O9P. The molecule has 9 nitrogen and oxygen atoms in total. The van der Waals surface area contributed by atoms with Gasteiger partial charge in [0.05, 0.1) is 33.0 Å². The number of benzene rings is 4. The van der Waals surface area contributed by atoms with Gasteiger partial charge in [-0.2, -0.15) is 0 Å². The summed E-state index contributed by atoms with van der Waals surface area (Å²) in [6.07, 6.45) is -4.20. The lowest BCUT2D eigenvalue weighted by Gasteiger charge is -2.50. The number of ether oxygens (including phenoxy) is 5. The standard InChI is InChI=1S/C37H43O9P/c1-40-47(39,41-2)28-37(38)36(45-26-32-21-13-6-14-22-32)35(44-25-31-19-11-5-12-20-31)34(43-24-30-17-9-4-10-18-30)33(46-37)27-42-23-29-15-7-3-8-16-29/h3-22,33-36,38H,23-28H2,1-2H3/t33-,34+,35+,36-,37+/m1/s1. The molecule has 4 aromatic carbocycles. The van der Waals surface area contributed by atoms with E-state index in [1.165, 1.54) is 14.2 Å². The van der Waals surface area contributed by atoms with Gasteiger partial charge in [-0.25, -0.2) is 0 Å². The Balaban J connectivity index is 1.51. The van der Waals surface area contributed by atoms with E-state index in [0.717, 1.165) is 22.3 Å². The van der Waals surface area contributed by atoms with Gasteiger partial charge < -0.3 is 37.8 Å². The molecule has 0 spiro atoms. The summed E-state index contributed by atoms with van der Waals surface area (Å²) in [4.78, 5) is 0. The SMILES string of the molecule is COP(=O)(C[C@]1(O)O[C@H](COCc2ccccc2)[C@H](OCc2ccccc2)[C@H](OCc2ccccc2)[C@H]1OCc1ccccc1)OC. The maximum atomic E-state index is 13.6. The summed E-state index contributed by atoms with van der Waals surface area (Å²) in [5.41, 5.74) is 3.71. The fourth-order valence-corrected chi connectivity index (χ4v) is 6.76. The van der Waals surface area contributed by atoms with Crippen molar-refractivity contribution in [2.45, 2.75) is 56.6 Å². The minimum atomic E-state index is -3.83. The number of aliphatic hydroxyl groups is 1. The summed E-state index contributed by atoms with van der Waals surface area (Å²) < 4.78 is 56.4. The van der Waals surface area contributed by atoms with Crippen LogP contribution in [0.3, 0.4) is 0 Å². The molecule has 5 atom stereocenters. The first-order valence-corrected chi connectivity index (χ1v) is 17.3. The molecule has 0 bridgehead atoms. The normalized spacial score (nSPS) is 23.0. The van der Waals surface area contributed by atoms with Crippen LogP contribution in [-0.4, -0.2) is 62.3 Å². The monoisotopic (exact) mass is 662 g/mol. The average Bonchev–Trinajstić information content (AvgIpc) is 3.11. The van der Waals surface area contributed by atoms with E-state index in [2.05, 4.69) is 0 Å². The largest absolute Gasteiger partial charge is 0.374 e. The van der Waals surface area contributed by atoms with Gasteiger partial charge in [0.25, 0.3) is 0 Å². The van der Waals surface area contributed by atoms with Crippen molar-refractivity contribution in [2.24, 2.45) is 0 Å². The van der Waals surface area contributed by atoms with Crippen LogP contribution in [0, 0.1) is 0 Å². The Morgan fingerprint density at radius 2 is 1.02 bits per heavy atom. The third-order valence-electron chi connectivity index (χ3n) is 8.00. The van der Waals surface area contributed by atoms with E-state index in [-0.39, 0.29) is 26.4 Å². The summed E-state index contributed by atoms with van der Waals surface area (Å²) in [7, 11) is -1.29. The Kier molecular flexibility index (Phi) is 12.9. The van der Waals surface area contributed by atoms with Crippen LogP contribution in [0.4, 0.5) is 0 Å². The summed E-state index contributed by atoms with van der Waals surface area (Å²) in [5.74, 6) is -2.18. The molecule has 0 aromatic heterocycles. The summed E-state index contributed by atoms with van der Waals surface area (Å²) >= 11 is 0. The Morgan fingerprint density at radius 1 is 0.617 bits per heavy atom. The summed E-state index contributed by atoms with van der Waals surface area (Å²) in [6.45, 7) is 0.906. The van der Waals surface area contributed by atoms with E-state index in [1.54, 1.807) is 0 Å². The minimum absolute atomic E-state index is 0.0392. The van der Waals surface area contributed by atoms with Gasteiger partial charge in [0.2, 0.25) is 5.79 Å². The zero-order valence-corrected chi connectivity index (χ0v) is 27.7. The molecule has 47 heavy (non-hydrogen) atoms. The molecule has 4 aromatic rings. The Morgan fingerprint density at radius 3 is 1.47 bits per heavy atom. The van der Waals surface area contributed by atoms with E-state index in [9.17, 15) is 9.67 Å². The van der Waals surface area contributed by atoms with Crippen LogP contribution in [0.2, 0.25) is 0 Å². The molecule has 1 aliphatic rings. The Hall–Kier alpha value is -3.21. The van der Waals surface area contributed by atoms with Gasteiger partial charge in [-0.3, -0.25) is 4.57 Å². The van der Waals surface area contributed by atoms with Gasteiger partial charge in [-0.15, -0.1) is 0 Å². The highest BCUT2D eigenvalue weighted by Gasteiger charge is 2.59. The molecule has 0 unspecified atom stereocenters. The first kappa shape index (κ1) is 35.1. The molecule has 250 valence electrons.